The van der Waals surface area contributed by atoms with Gasteiger partial charge in [-0.25, -0.2) is 18.1 Å². The number of aryl methyl sites for hydroxylation is 2. The Morgan fingerprint density at radius 2 is 1.94 bits per heavy atom. The van der Waals surface area contributed by atoms with Crippen LogP contribution in [0.5, 0.6) is 0 Å². The minimum atomic E-state index is -3.77. The Morgan fingerprint density at radius 1 is 1.18 bits per heavy atom. The van der Waals surface area contributed by atoms with Crippen LogP contribution in [0.4, 0.5) is 5.82 Å². The van der Waals surface area contributed by atoms with Crippen molar-refractivity contribution in [2.75, 3.05) is 18.4 Å². The molecule has 4 aromatic rings. The lowest BCUT2D eigenvalue weighted by Gasteiger charge is -2.12. The number of hydrogen-bond donors (Lipinski definition) is 2. The van der Waals surface area contributed by atoms with Crippen LogP contribution in [-0.4, -0.2) is 45.9 Å². The molecule has 9 nitrogen and oxygen atoms in total. The smallest absolute Gasteiger partial charge is 0.245 e. The SMILES string of the molecule is Cc1nn(C)c(Cl)c1S(=O)(=O)NCCCNc1cc(-c2ccccc2Cl)nc2c(Br)cnn12. The van der Waals surface area contributed by atoms with E-state index in [-0.39, 0.29) is 16.6 Å². The number of nitrogens with zero attached hydrogens (tertiary/aromatic N) is 5. The Morgan fingerprint density at radius 3 is 2.64 bits per heavy atom. The minimum Gasteiger partial charge on any atom is -0.370 e. The molecule has 33 heavy (non-hydrogen) atoms. The number of hydrogen-bond acceptors (Lipinski definition) is 6. The first kappa shape index (κ1) is 24.0. The number of halogens is 3. The van der Waals surface area contributed by atoms with Gasteiger partial charge in [-0.1, -0.05) is 41.4 Å². The van der Waals surface area contributed by atoms with E-state index in [0.29, 0.717) is 40.8 Å². The summed E-state index contributed by atoms with van der Waals surface area (Å²) in [5.74, 6) is 0.703. The maximum atomic E-state index is 12.6. The van der Waals surface area contributed by atoms with E-state index in [1.807, 2.05) is 30.3 Å². The Bertz CT molecular complexity index is 1440. The number of nitrogens with one attached hydrogen (secondary N) is 2. The molecule has 0 aliphatic carbocycles. The molecule has 174 valence electrons. The van der Waals surface area contributed by atoms with Crippen LogP contribution in [0.3, 0.4) is 0 Å². The summed E-state index contributed by atoms with van der Waals surface area (Å²) in [4.78, 5) is 4.67. The zero-order valence-corrected chi connectivity index (χ0v) is 21.6. The van der Waals surface area contributed by atoms with E-state index < -0.39 is 10.0 Å². The highest BCUT2D eigenvalue weighted by Crippen LogP contribution is 2.30. The van der Waals surface area contributed by atoms with Gasteiger partial charge in [-0.05, 0) is 35.3 Å². The van der Waals surface area contributed by atoms with Gasteiger partial charge in [-0.2, -0.15) is 14.7 Å². The summed E-state index contributed by atoms with van der Waals surface area (Å²) in [6.07, 6.45) is 2.18. The maximum absolute atomic E-state index is 12.6. The number of sulfonamides is 1. The van der Waals surface area contributed by atoms with Crippen LogP contribution in [0.1, 0.15) is 12.1 Å². The second kappa shape index (κ2) is 9.59. The molecule has 0 spiro atoms. The topological polar surface area (TPSA) is 106 Å². The minimum absolute atomic E-state index is 0.00115. The molecule has 0 saturated heterocycles. The molecule has 0 fully saturated rings. The van der Waals surface area contributed by atoms with Gasteiger partial charge in [0, 0.05) is 36.8 Å². The summed E-state index contributed by atoms with van der Waals surface area (Å²) in [6.45, 7) is 2.31. The van der Waals surface area contributed by atoms with Crippen LogP contribution < -0.4 is 10.0 Å². The summed E-state index contributed by atoms with van der Waals surface area (Å²) in [5.41, 5.74) is 2.48. The van der Waals surface area contributed by atoms with Gasteiger partial charge in [0.25, 0.3) is 0 Å². The quantitative estimate of drug-likeness (QED) is 0.305. The third-order valence-corrected chi connectivity index (χ3v) is 7.94. The molecule has 1 aromatic carbocycles. The summed E-state index contributed by atoms with van der Waals surface area (Å²) < 4.78 is 31.6. The fourth-order valence-electron chi connectivity index (χ4n) is 3.37. The lowest BCUT2D eigenvalue weighted by molar-refractivity contribution is 0.579. The van der Waals surface area contributed by atoms with E-state index in [0.717, 1.165) is 10.0 Å². The third-order valence-electron chi connectivity index (χ3n) is 4.90. The fraction of sp³-hybridized carbons (Fsp3) is 0.250. The van der Waals surface area contributed by atoms with Crippen molar-refractivity contribution < 1.29 is 8.42 Å². The van der Waals surface area contributed by atoms with Crippen molar-refractivity contribution >= 4 is 60.6 Å². The predicted molar refractivity (Wildman–Crippen MR) is 132 cm³/mol. The number of anilines is 1. The lowest BCUT2D eigenvalue weighted by atomic mass is 10.1. The van der Waals surface area contributed by atoms with Gasteiger partial charge in [0.1, 0.15) is 15.9 Å². The molecular formula is C20H20BrCl2N7O2S. The van der Waals surface area contributed by atoms with Crippen molar-refractivity contribution in [3.8, 4) is 11.3 Å². The summed E-state index contributed by atoms with van der Waals surface area (Å²) >= 11 is 15.9. The van der Waals surface area contributed by atoms with Gasteiger partial charge in [-0.15, -0.1) is 0 Å². The molecule has 0 amide bonds. The summed E-state index contributed by atoms with van der Waals surface area (Å²) in [7, 11) is -2.17. The first-order valence-electron chi connectivity index (χ1n) is 9.91. The van der Waals surface area contributed by atoms with Gasteiger partial charge in [-0.3, -0.25) is 4.68 Å². The zero-order valence-electron chi connectivity index (χ0n) is 17.7. The van der Waals surface area contributed by atoms with Crippen LogP contribution in [0.2, 0.25) is 10.2 Å². The van der Waals surface area contributed by atoms with Gasteiger partial charge < -0.3 is 5.32 Å². The molecule has 3 aromatic heterocycles. The number of aromatic nitrogens is 5. The van der Waals surface area contributed by atoms with Crippen LogP contribution in [-0.2, 0) is 17.1 Å². The van der Waals surface area contributed by atoms with E-state index in [2.05, 4.69) is 41.2 Å². The molecule has 0 aliphatic rings. The molecule has 0 bridgehead atoms. The van der Waals surface area contributed by atoms with Gasteiger partial charge in [0.15, 0.2) is 5.65 Å². The molecule has 3 heterocycles. The predicted octanol–water partition coefficient (Wildman–Crippen LogP) is 4.29. The van der Waals surface area contributed by atoms with Crippen molar-refractivity contribution in [2.45, 2.75) is 18.2 Å². The van der Waals surface area contributed by atoms with Crippen molar-refractivity contribution in [1.29, 1.82) is 0 Å². The molecule has 0 saturated carbocycles. The lowest BCUT2D eigenvalue weighted by Crippen LogP contribution is -2.26. The molecule has 2 N–H and O–H groups in total. The fourth-order valence-corrected chi connectivity index (χ4v) is 5.77. The van der Waals surface area contributed by atoms with Crippen LogP contribution in [0.25, 0.3) is 16.9 Å². The molecule has 0 atom stereocenters. The highest BCUT2D eigenvalue weighted by Gasteiger charge is 2.24. The van der Waals surface area contributed by atoms with E-state index in [1.165, 1.54) is 4.68 Å². The summed E-state index contributed by atoms with van der Waals surface area (Å²) in [5, 5.41) is 12.4. The van der Waals surface area contributed by atoms with E-state index in [1.54, 1.807) is 24.7 Å². The van der Waals surface area contributed by atoms with Gasteiger partial charge in [0.05, 0.1) is 22.1 Å². The first-order chi connectivity index (χ1) is 15.7. The van der Waals surface area contributed by atoms with Crippen molar-refractivity contribution in [2.24, 2.45) is 7.05 Å². The number of benzene rings is 1. The van der Waals surface area contributed by atoms with Crippen LogP contribution >= 0.6 is 39.1 Å². The van der Waals surface area contributed by atoms with Crippen molar-refractivity contribution in [1.82, 2.24) is 29.1 Å². The van der Waals surface area contributed by atoms with Crippen molar-refractivity contribution in [3.05, 3.63) is 56.9 Å². The molecule has 0 radical (unpaired) electrons. The summed E-state index contributed by atoms with van der Waals surface area (Å²) in [6, 6.07) is 9.32. The largest absolute Gasteiger partial charge is 0.370 e. The second-order valence-electron chi connectivity index (χ2n) is 7.24. The second-order valence-corrected chi connectivity index (χ2v) is 10.6. The van der Waals surface area contributed by atoms with Crippen molar-refractivity contribution in [3.63, 3.8) is 0 Å². The zero-order chi connectivity index (χ0) is 23.8. The van der Waals surface area contributed by atoms with Crippen LogP contribution in [0.15, 0.2) is 45.9 Å². The number of rotatable bonds is 8. The molecule has 0 aliphatic heterocycles. The highest BCUT2D eigenvalue weighted by molar-refractivity contribution is 9.10. The van der Waals surface area contributed by atoms with Crippen LogP contribution in [0, 0.1) is 6.92 Å². The Kier molecular flexibility index (Phi) is 6.96. The van der Waals surface area contributed by atoms with Gasteiger partial charge in [0.2, 0.25) is 10.0 Å². The van der Waals surface area contributed by atoms with E-state index in [9.17, 15) is 8.42 Å². The van der Waals surface area contributed by atoms with E-state index >= 15 is 0 Å². The maximum Gasteiger partial charge on any atom is 0.245 e. The molecule has 4 rings (SSSR count). The van der Waals surface area contributed by atoms with Gasteiger partial charge >= 0.3 is 0 Å². The molecule has 0 unspecified atom stereocenters. The van der Waals surface area contributed by atoms with E-state index in [4.69, 9.17) is 23.2 Å². The number of fused-ring (bicyclic) bond motifs is 1. The third kappa shape index (κ3) is 4.87. The first-order valence-corrected chi connectivity index (χ1v) is 12.9. The Labute approximate surface area is 209 Å². The highest BCUT2D eigenvalue weighted by atomic mass is 79.9. The average molecular weight is 573 g/mol. The standard InChI is InChI=1S/C20H20BrCl2N7O2S/c1-12-18(19(23)29(2)28-12)33(31,32)26-9-5-8-24-17-10-16(13-6-3-4-7-15(13)22)27-20-14(21)11-25-30(17)20/h3-4,6-7,10-11,24,26H,5,8-9H2,1-2H3. The molecule has 13 heteroatoms. The Hall–Kier alpha value is -2.18. The average Bonchev–Trinajstić information content (AvgIpc) is 3.26. The monoisotopic (exact) mass is 571 g/mol. The molecular weight excluding hydrogens is 553 g/mol. The Balaban J connectivity index is 1.47. The normalized spacial score (nSPS) is 11.9.